The fourth-order valence-electron chi connectivity index (χ4n) is 0.272. The van der Waals surface area contributed by atoms with Gasteiger partial charge in [0.2, 0.25) is 0 Å². The third kappa shape index (κ3) is 7.79. The van der Waals surface area contributed by atoms with E-state index in [-0.39, 0.29) is 0 Å². The standard InChI is InChI=1S/C5H6Cl2O2/c6-4(7)2-1-3-5(8)9/h1,3-4H,2H2,(H,8,9)/b3-1+. The Labute approximate surface area is 63.1 Å². The van der Waals surface area contributed by atoms with E-state index in [1.807, 2.05) is 0 Å². The lowest BCUT2D eigenvalue weighted by atomic mass is 10.4. The van der Waals surface area contributed by atoms with E-state index in [0.717, 1.165) is 6.08 Å². The maximum absolute atomic E-state index is 9.81. The second kappa shape index (κ2) is 4.65. The van der Waals surface area contributed by atoms with Crippen molar-refractivity contribution in [3.63, 3.8) is 0 Å². The lowest BCUT2D eigenvalue weighted by molar-refractivity contribution is -0.131. The highest BCUT2D eigenvalue weighted by Gasteiger charge is 1.93. The van der Waals surface area contributed by atoms with Gasteiger partial charge in [-0.1, -0.05) is 6.08 Å². The van der Waals surface area contributed by atoms with Crippen molar-refractivity contribution in [1.29, 1.82) is 0 Å². The van der Waals surface area contributed by atoms with Gasteiger partial charge in [-0.2, -0.15) is 0 Å². The van der Waals surface area contributed by atoms with E-state index in [0.29, 0.717) is 6.42 Å². The summed E-state index contributed by atoms with van der Waals surface area (Å²) in [7, 11) is 0. The molecule has 0 bridgehead atoms. The Morgan fingerprint density at radius 1 is 1.67 bits per heavy atom. The molecule has 0 radical (unpaired) electrons. The van der Waals surface area contributed by atoms with E-state index in [9.17, 15) is 4.79 Å². The zero-order valence-electron chi connectivity index (χ0n) is 4.55. The molecule has 0 saturated heterocycles. The van der Waals surface area contributed by atoms with E-state index in [4.69, 9.17) is 28.3 Å². The molecule has 2 nitrogen and oxygen atoms in total. The molecule has 0 atom stereocenters. The Morgan fingerprint density at radius 3 is 2.56 bits per heavy atom. The summed E-state index contributed by atoms with van der Waals surface area (Å²) in [5.41, 5.74) is 0. The van der Waals surface area contributed by atoms with Crippen LogP contribution in [0.15, 0.2) is 12.2 Å². The van der Waals surface area contributed by atoms with Crippen molar-refractivity contribution in [2.75, 3.05) is 0 Å². The number of carboxylic acid groups (broad SMARTS) is 1. The fraction of sp³-hybridized carbons (Fsp3) is 0.400. The minimum Gasteiger partial charge on any atom is -0.478 e. The summed E-state index contributed by atoms with van der Waals surface area (Å²) >= 11 is 10.6. The Kier molecular flexibility index (Phi) is 4.54. The molecule has 0 aliphatic carbocycles. The van der Waals surface area contributed by atoms with Crippen LogP contribution in [-0.4, -0.2) is 15.9 Å². The number of halogens is 2. The van der Waals surface area contributed by atoms with E-state index in [1.54, 1.807) is 0 Å². The van der Waals surface area contributed by atoms with Crippen LogP contribution in [0.1, 0.15) is 6.42 Å². The number of allylic oxidation sites excluding steroid dienone is 1. The summed E-state index contributed by atoms with van der Waals surface area (Å²) in [4.78, 5) is 9.29. The molecule has 0 aliphatic rings. The molecule has 4 heteroatoms. The van der Waals surface area contributed by atoms with Crippen LogP contribution in [-0.2, 0) is 4.79 Å². The van der Waals surface area contributed by atoms with Gasteiger partial charge < -0.3 is 5.11 Å². The maximum atomic E-state index is 9.81. The number of aliphatic carboxylic acids is 1. The van der Waals surface area contributed by atoms with Crippen LogP contribution in [0, 0.1) is 0 Å². The molecule has 0 spiro atoms. The first-order chi connectivity index (χ1) is 4.13. The fourth-order valence-corrected chi connectivity index (χ4v) is 0.477. The van der Waals surface area contributed by atoms with Crippen LogP contribution in [0.3, 0.4) is 0 Å². The quantitative estimate of drug-likeness (QED) is 0.516. The monoisotopic (exact) mass is 168 g/mol. The molecular formula is C5H6Cl2O2. The van der Waals surface area contributed by atoms with Gasteiger partial charge in [-0.15, -0.1) is 23.2 Å². The van der Waals surface area contributed by atoms with Crippen LogP contribution < -0.4 is 0 Å². The smallest absolute Gasteiger partial charge is 0.327 e. The Balaban J connectivity index is 3.36. The van der Waals surface area contributed by atoms with Crippen LogP contribution >= 0.6 is 23.2 Å². The highest BCUT2D eigenvalue weighted by atomic mass is 35.5. The van der Waals surface area contributed by atoms with E-state index in [1.165, 1.54) is 6.08 Å². The number of hydrogen-bond donors (Lipinski definition) is 1. The van der Waals surface area contributed by atoms with Crippen molar-refractivity contribution < 1.29 is 9.90 Å². The minimum absolute atomic E-state index is 0.370. The number of carbonyl (C=O) groups is 1. The number of alkyl halides is 2. The van der Waals surface area contributed by atoms with Gasteiger partial charge in [0, 0.05) is 6.08 Å². The van der Waals surface area contributed by atoms with Gasteiger partial charge in [0.1, 0.15) is 4.84 Å². The van der Waals surface area contributed by atoms with Gasteiger partial charge in [0.25, 0.3) is 0 Å². The van der Waals surface area contributed by atoms with Gasteiger partial charge in [0.05, 0.1) is 0 Å². The first-order valence-corrected chi connectivity index (χ1v) is 3.18. The summed E-state index contributed by atoms with van der Waals surface area (Å²) < 4.78 is 0. The number of rotatable bonds is 3. The van der Waals surface area contributed by atoms with E-state index >= 15 is 0 Å². The zero-order valence-corrected chi connectivity index (χ0v) is 6.06. The Hall–Kier alpha value is -0.210. The highest BCUT2D eigenvalue weighted by Crippen LogP contribution is 2.06. The largest absolute Gasteiger partial charge is 0.478 e. The molecule has 0 saturated carbocycles. The van der Waals surface area contributed by atoms with Crippen LogP contribution in [0.5, 0.6) is 0 Å². The maximum Gasteiger partial charge on any atom is 0.327 e. The predicted octanol–water partition coefficient (Wildman–Crippen LogP) is 1.82. The molecule has 0 rings (SSSR count). The molecule has 0 fully saturated rings. The van der Waals surface area contributed by atoms with Crippen molar-refractivity contribution in [3.05, 3.63) is 12.2 Å². The average Bonchev–Trinajstić information content (AvgIpc) is 1.63. The van der Waals surface area contributed by atoms with Gasteiger partial charge >= 0.3 is 5.97 Å². The second-order valence-electron chi connectivity index (χ2n) is 1.37. The topological polar surface area (TPSA) is 37.3 Å². The van der Waals surface area contributed by atoms with E-state index in [2.05, 4.69) is 0 Å². The first-order valence-electron chi connectivity index (χ1n) is 2.30. The third-order valence-electron chi connectivity index (χ3n) is 0.575. The van der Waals surface area contributed by atoms with Gasteiger partial charge in [-0.3, -0.25) is 0 Å². The molecule has 0 aromatic rings. The number of carboxylic acids is 1. The van der Waals surface area contributed by atoms with Crippen molar-refractivity contribution in [2.24, 2.45) is 0 Å². The molecular weight excluding hydrogens is 163 g/mol. The summed E-state index contributed by atoms with van der Waals surface area (Å²) in [5, 5.41) is 8.05. The molecule has 0 heterocycles. The highest BCUT2D eigenvalue weighted by molar-refractivity contribution is 6.44. The molecule has 0 aliphatic heterocycles. The molecule has 0 amide bonds. The molecule has 9 heavy (non-hydrogen) atoms. The van der Waals surface area contributed by atoms with Crippen LogP contribution in [0.4, 0.5) is 0 Å². The SMILES string of the molecule is O=C(O)/C=C/CC(Cl)Cl. The van der Waals surface area contributed by atoms with Gasteiger partial charge in [0.15, 0.2) is 0 Å². The summed E-state index contributed by atoms with van der Waals surface area (Å²) in [6.45, 7) is 0. The molecule has 1 N–H and O–H groups in total. The number of hydrogen-bond acceptors (Lipinski definition) is 1. The summed E-state index contributed by atoms with van der Waals surface area (Å²) in [6.07, 6.45) is 2.79. The Bertz CT molecular complexity index is 120. The summed E-state index contributed by atoms with van der Waals surface area (Å²) in [5.74, 6) is -0.982. The first kappa shape index (κ1) is 8.79. The molecule has 52 valence electrons. The third-order valence-corrected chi connectivity index (χ3v) is 0.931. The summed E-state index contributed by atoms with van der Waals surface area (Å²) in [6, 6.07) is 0. The minimum atomic E-state index is -0.982. The lowest BCUT2D eigenvalue weighted by Gasteiger charge is -1.89. The predicted molar refractivity (Wildman–Crippen MR) is 36.9 cm³/mol. The second-order valence-corrected chi connectivity index (χ2v) is 2.64. The molecule has 0 unspecified atom stereocenters. The average molecular weight is 169 g/mol. The normalized spacial score (nSPS) is 11.0. The lowest BCUT2D eigenvalue weighted by Crippen LogP contribution is -1.87. The zero-order chi connectivity index (χ0) is 7.28. The van der Waals surface area contributed by atoms with Crippen LogP contribution in [0.2, 0.25) is 0 Å². The van der Waals surface area contributed by atoms with Crippen molar-refractivity contribution in [1.82, 2.24) is 0 Å². The Morgan fingerprint density at radius 2 is 2.22 bits per heavy atom. The van der Waals surface area contributed by atoms with Gasteiger partial charge in [-0.25, -0.2) is 4.79 Å². The van der Waals surface area contributed by atoms with Crippen molar-refractivity contribution in [2.45, 2.75) is 11.3 Å². The van der Waals surface area contributed by atoms with Crippen LogP contribution in [0.25, 0.3) is 0 Å². The van der Waals surface area contributed by atoms with Crippen molar-refractivity contribution in [3.8, 4) is 0 Å². The van der Waals surface area contributed by atoms with Crippen molar-refractivity contribution >= 4 is 29.2 Å². The van der Waals surface area contributed by atoms with E-state index < -0.39 is 10.8 Å². The molecule has 0 aromatic heterocycles. The van der Waals surface area contributed by atoms with Gasteiger partial charge in [-0.05, 0) is 6.42 Å². The molecule has 0 aromatic carbocycles.